The smallest absolute Gasteiger partial charge is 0.270 e. The summed E-state index contributed by atoms with van der Waals surface area (Å²) in [5, 5.41) is 7.77. The van der Waals surface area contributed by atoms with Gasteiger partial charge in [0.1, 0.15) is 5.82 Å². The summed E-state index contributed by atoms with van der Waals surface area (Å²) in [7, 11) is 0. The van der Waals surface area contributed by atoms with Gasteiger partial charge < -0.3 is 5.73 Å². The third-order valence-corrected chi connectivity index (χ3v) is 5.45. The average molecular weight is 340 g/mol. The van der Waals surface area contributed by atoms with Crippen LogP contribution >= 0.6 is 0 Å². The lowest BCUT2D eigenvalue weighted by atomic mass is 10.0. The third-order valence-electron chi connectivity index (χ3n) is 5.45. The first-order chi connectivity index (χ1) is 11.9. The fourth-order valence-electron chi connectivity index (χ4n) is 3.59. The lowest BCUT2D eigenvalue weighted by Crippen LogP contribution is -2.30. The van der Waals surface area contributed by atoms with Crippen molar-refractivity contribution < 1.29 is 9.59 Å². The number of aromatic nitrogens is 4. The average Bonchev–Trinajstić information content (AvgIpc) is 3.03. The summed E-state index contributed by atoms with van der Waals surface area (Å²) in [5.41, 5.74) is 8.39. The van der Waals surface area contributed by atoms with Gasteiger partial charge >= 0.3 is 0 Å². The van der Waals surface area contributed by atoms with E-state index in [1.54, 1.807) is 10.9 Å². The Hall–Kier alpha value is -2.77. The van der Waals surface area contributed by atoms with E-state index in [0.717, 1.165) is 35.5 Å². The molecule has 3 heterocycles. The van der Waals surface area contributed by atoms with E-state index in [2.05, 4.69) is 15.3 Å². The largest absolute Gasteiger partial charge is 0.364 e. The molecule has 2 amide bonds. The van der Waals surface area contributed by atoms with Gasteiger partial charge in [-0.1, -0.05) is 5.21 Å². The Morgan fingerprint density at radius 3 is 2.72 bits per heavy atom. The normalized spacial score (nSPS) is 22.8. The van der Waals surface area contributed by atoms with Gasteiger partial charge in [0.2, 0.25) is 5.91 Å². The number of amides is 2. The van der Waals surface area contributed by atoms with Crippen molar-refractivity contribution in [3.05, 3.63) is 34.8 Å². The van der Waals surface area contributed by atoms with Gasteiger partial charge in [0, 0.05) is 18.7 Å². The Labute approximate surface area is 145 Å². The van der Waals surface area contributed by atoms with Gasteiger partial charge in [-0.25, -0.2) is 9.67 Å². The van der Waals surface area contributed by atoms with E-state index in [4.69, 9.17) is 5.73 Å². The van der Waals surface area contributed by atoms with Crippen molar-refractivity contribution in [2.24, 2.45) is 17.6 Å². The van der Waals surface area contributed by atoms with Crippen molar-refractivity contribution in [1.82, 2.24) is 20.0 Å². The highest BCUT2D eigenvalue weighted by Gasteiger charge is 2.53. The van der Waals surface area contributed by atoms with Crippen LogP contribution in [-0.2, 0) is 4.79 Å². The Balaban J connectivity index is 1.65. The molecule has 0 bridgehead atoms. The molecule has 1 aliphatic carbocycles. The number of piperidine rings is 1. The number of carbonyl (C=O) groups is 2. The number of nitrogens with two attached hydrogens (primary N) is 1. The van der Waals surface area contributed by atoms with Crippen LogP contribution in [0.5, 0.6) is 0 Å². The molecule has 4 rings (SSSR count). The lowest BCUT2D eigenvalue weighted by molar-refractivity contribution is -0.118. The highest BCUT2D eigenvalue weighted by Crippen LogP contribution is 2.47. The van der Waals surface area contributed by atoms with Crippen LogP contribution in [-0.4, -0.2) is 38.3 Å². The van der Waals surface area contributed by atoms with E-state index < -0.39 is 5.91 Å². The molecule has 8 heteroatoms. The van der Waals surface area contributed by atoms with Crippen LogP contribution in [0.25, 0.3) is 0 Å². The zero-order chi connectivity index (χ0) is 17.9. The van der Waals surface area contributed by atoms with Crippen molar-refractivity contribution in [2.45, 2.75) is 33.2 Å². The number of primary amides is 1. The molecule has 8 nitrogen and oxygen atoms in total. The van der Waals surface area contributed by atoms with Gasteiger partial charge in [0.15, 0.2) is 5.69 Å². The SMILES string of the molecule is Cc1c([C@H](C)n2cc(C(N)=O)nn2)cnc(N2C[C@H]3C[C@H]3C2=O)c1C. The highest BCUT2D eigenvalue weighted by atomic mass is 16.2. The number of nitrogens with zero attached hydrogens (tertiary/aromatic N) is 5. The summed E-state index contributed by atoms with van der Waals surface area (Å²) in [4.78, 5) is 29.9. The summed E-state index contributed by atoms with van der Waals surface area (Å²) in [5.74, 6) is 1.06. The van der Waals surface area contributed by atoms with E-state index >= 15 is 0 Å². The van der Waals surface area contributed by atoms with Crippen molar-refractivity contribution in [2.75, 3.05) is 11.4 Å². The first-order valence-electron chi connectivity index (χ1n) is 8.37. The molecule has 2 aromatic heterocycles. The van der Waals surface area contributed by atoms with E-state index in [1.165, 1.54) is 6.20 Å². The standard InChI is InChI=1S/C17H20N6O2/c1-8-9(2)16(22-6-11-4-12(11)17(22)25)19-5-13(8)10(3)23-7-14(15(18)24)20-21-23/h5,7,10-12H,4,6H2,1-3H3,(H2,18,24)/t10-,11+,12+/m0/s1. The quantitative estimate of drug-likeness (QED) is 0.893. The minimum atomic E-state index is -0.606. The molecular weight excluding hydrogens is 320 g/mol. The molecule has 1 saturated heterocycles. The molecule has 0 spiro atoms. The Morgan fingerprint density at radius 2 is 2.12 bits per heavy atom. The van der Waals surface area contributed by atoms with Crippen molar-refractivity contribution in [3.8, 4) is 0 Å². The molecule has 1 aliphatic heterocycles. The van der Waals surface area contributed by atoms with E-state index in [-0.39, 0.29) is 23.6 Å². The molecule has 2 fully saturated rings. The predicted molar refractivity (Wildman–Crippen MR) is 90.0 cm³/mol. The van der Waals surface area contributed by atoms with Crippen molar-refractivity contribution in [3.63, 3.8) is 0 Å². The molecule has 0 aromatic carbocycles. The van der Waals surface area contributed by atoms with Crippen molar-refractivity contribution in [1.29, 1.82) is 0 Å². The van der Waals surface area contributed by atoms with Crippen LogP contribution in [0, 0.1) is 25.7 Å². The monoisotopic (exact) mass is 340 g/mol. The van der Waals surface area contributed by atoms with E-state index in [9.17, 15) is 9.59 Å². The van der Waals surface area contributed by atoms with E-state index in [0.29, 0.717) is 5.92 Å². The molecule has 2 aliphatic rings. The van der Waals surface area contributed by atoms with E-state index in [1.807, 2.05) is 25.7 Å². The fraction of sp³-hybridized carbons (Fsp3) is 0.471. The summed E-state index contributed by atoms with van der Waals surface area (Å²) in [6.07, 6.45) is 4.34. The zero-order valence-corrected chi connectivity index (χ0v) is 14.4. The summed E-state index contributed by atoms with van der Waals surface area (Å²) >= 11 is 0. The minimum absolute atomic E-state index is 0.132. The Morgan fingerprint density at radius 1 is 1.36 bits per heavy atom. The van der Waals surface area contributed by atoms with Gasteiger partial charge in [-0.2, -0.15) is 0 Å². The number of hydrogen-bond acceptors (Lipinski definition) is 5. The van der Waals surface area contributed by atoms with Crippen LogP contribution in [0.1, 0.15) is 46.6 Å². The summed E-state index contributed by atoms with van der Waals surface area (Å²) in [6.45, 7) is 6.73. The number of anilines is 1. The topological polar surface area (TPSA) is 107 Å². The van der Waals surface area contributed by atoms with Gasteiger partial charge in [-0.15, -0.1) is 5.10 Å². The maximum absolute atomic E-state index is 12.3. The Kier molecular flexibility index (Phi) is 3.38. The fourth-order valence-corrected chi connectivity index (χ4v) is 3.59. The molecule has 0 radical (unpaired) electrons. The molecule has 130 valence electrons. The number of rotatable bonds is 4. The number of carbonyl (C=O) groups excluding carboxylic acids is 2. The van der Waals surface area contributed by atoms with Gasteiger partial charge in [-0.05, 0) is 49.8 Å². The maximum atomic E-state index is 12.3. The first kappa shape index (κ1) is 15.7. The molecule has 2 N–H and O–H groups in total. The van der Waals surface area contributed by atoms with Gasteiger partial charge in [0.05, 0.1) is 12.2 Å². The minimum Gasteiger partial charge on any atom is -0.364 e. The summed E-state index contributed by atoms with van der Waals surface area (Å²) in [6, 6.07) is -0.150. The Bertz CT molecular complexity index is 889. The lowest BCUT2D eigenvalue weighted by Gasteiger charge is -2.23. The second-order valence-corrected chi connectivity index (χ2v) is 6.96. The first-order valence-corrected chi connectivity index (χ1v) is 8.37. The summed E-state index contributed by atoms with van der Waals surface area (Å²) < 4.78 is 1.60. The highest BCUT2D eigenvalue weighted by molar-refractivity contribution is 5.99. The molecule has 2 aromatic rings. The van der Waals surface area contributed by atoms with Gasteiger partial charge in [0.25, 0.3) is 5.91 Å². The molecule has 3 atom stereocenters. The second-order valence-electron chi connectivity index (χ2n) is 6.96. The zero-order valence-electron chi connectivity index (χ0n) is 14.4. The van der Waals surface area contributed by atoms with Crippen LogP contribution in [0.2, 0.25) is 0 Å². The molecule has 0 unspecified atom stereocenters. The number of pyridine rings is 1. The van der Waals surface area contributed by atoms with Crippen LogP contribution in [0.15, 0.2) is 12.4 Å². The van der Waals surface area contributed by atoms with Crippen molar-refractivity contribution >= 4 is 17.6 Å². The number of fused-ring (bicyclic) bond motifs is 1. The molecular formula is C17H20N6O2. The van der Waals surface area contributed by atoms with Gasteiger partial charge in [-0.3, -0.25) is 14.5 Å². The predicted octanol–water partition coefficient (Wildman–Crippen LogP) is 0.981. The molecule has 25 heavy (non-hydrogen) atoms. The molecule has 1 saturated carbocycles. The van der Waals surface area contributed by atoms with Crippen LogP contribution in [0.4, 0.5) is 5.82 Å². The number of hydrogen-bond donors (Lipinski definition) is 1. The third kappa shape index (κ3) is 2.40. The van der Waals surface area contributed by atoms with Crippen LogP contribution in [0.3, 0.4) is 0 Å². The maximum Gasteiger partial charge on any atom is 0.270 e. The van der Waals surface area contributed by atoms with Crippen LogP contribution < -0.4 is 10.6 Å². The second kappa shape index (κ2) is 5.37.